The monoisotopic (exact) mass is 279 g/mol. The molecule has 0 spiro atoms. The van der Waals surface area contributed by atoms with Crippen LogP contribution in [-0.2, 0) is 11.3 Å². The molecule has 5 heteroatoms. The molecule has 2 aromatic rings. The SMILES string of the molecule is Cc1nc2scc(C)n2c1CNCC1CCOCC1. The first-order valence-corrected chi connectivity index (χ1v) is 7.84. The Balaban J connectivity index is 1.64. The summed E-state index contributed by atoms with van der Waals surface area (Å²) in [6.07, 6.45) is 2.37. The van der Waals surface area contributed by atoms with Crippen molar-refractivity contribution in [3.8, 4) is 0 Å². The maximum atomic E-state index is 5.39. The van der Waals surface area contributed by atoms with Crippen molar-refractivity contribution in [2.75, 3.05) is 19.8 Å². The van der Waals surface area contributed by atoms with Gasteiger partial charge in [-0.05, 0) is 39.2 Å². The molecular weight excluding hydrogens is 258 g/mol. The molecule has 104 valence electrons. The fourth-order valence-corrected chi connectivity index (χ4v) is 3.65. The Hall–Kier alpha value is -0.910. The number of nitrogens with one attached hydrogen (secondary N) is 1. The molecule has 0 aliphatic carbocycles. The quantitative estimate of drug-likeness (QED) is 0.934. The normalized spacial score (nSPS) is 17.4. The van der Waals surface area contributed by atoms with Crippen LogP contribution in [0.3, 0.4) is 0 Å². The second-order valence-electron chi connectivity index (χ2n) is 5.33. The second-order valence-corrected chi connectivity index (χ2v) is 6.16. The van der Waals surface area contributed by atoms with E-state index in [9.17, 15) is 0 Å². The minimum Gasteiger partial charge on any atom is -0.381 e. The molecule has 0 bridgehead atoms. The first kappa shape index (κ1) is 13.1. The summed E-state index contributed by atoms with van der Waals surface area (Å²) in [7, 11) is 0. The number of hydrogen-bond acceptors (Lipinski definition) is 4. The molecule has 2 aromatic heterocycles. The van der Waals surface area contributed by atoms with Gasteiger partial charge in [-0.1, -0.05) is 0 Å². The van der Waals surface area contributed by atoms with Gasteiger partial charge in [-0.15, -0.1) is 11.3 Å². The van der Waals surface area contributed by atoms with Gasteiger partial charge in [0.05, 0.1) is 11.4 Å². The van der Waals surface area contributed by atoms with Gasteiger partial charge in [-0.2, -0.15) is 0 Å². The van der Waals surface area contributed by atoms with E-state index in [-0.39, 0.29) is 0 Å². The fraction of sp³-hybridized carbons (Fsp3) is 0.643. The molecule has 0 amide bonds. The van der Waals surface area contributed by atoms with Crippen LogP contribution in [0.5, 0.6) is 0 Å². The zero-order valence-electron chi connectivity index (χ0n) is 11.6. The average Bonchev–Trinajstić information content (AvgIpc) is 2.92. The molecule has 3 heterocycles. The highest BCUT2D eigenvalue weighted by molar-refractivity contribution is 7.15. The summed E-state index contributed by atoms with van der Waals surface area (Å²) < 4.78 is 7.67. The van der Waals surface area contributed by atoms with Gasteiger partial charge >= 0.3 is 0 Å². The summed E-state index contributed by atoms with van der Waals surface area (Å²) in [6, 6.07) is 0. The van der Waals surface area contributed by atoms with Gasteiger partial charge < -0.3 is 10.1 Å². The molecule has 0 radical (unpaired) electrons. The van der Waals surface area contributed by atoms with E-state index in [2.05, 4.69) is 33.9 Å². The Morgan fingerprint density at radius 3 is 3.00 bits per heavy atom. The molecular formula is C14H21N3OS. The van der Waals surface area contributed by atoms with Crippen LogP contribution in [0.2, 0.25) is 0 Å². The molecule has 1 aliphatic heterocycles. The third-order valence-corrected chi connectivity index (χ3v) is 4.84. The Bertz CT molecular complexity index is 554. The molecule has 1 N–H and O–H groups in total. The van der Waals surface area contributed by atoms with Gasteiger partial charge in [0.15, 0.2) is 4.96 Å². The Morgan fingerprint density at radius 1 is 1.42 bits per heavy atom. The second kappa shape index (κ2) is 5.61. The predicted octanol–water partition coefficient (Wildman–Crippen LogP) is 2.53. The highest BCUT2D eigenvalue weighted by Crippen LogP contribution is 2.20. The zero-order valence-corrected chi connectivity index (χ0v) is 12.4. The Kier molecular flexibility index (Phi) is 3.86. The molecule has 3 rings (SSSR count). The molecule has 0 unspecified atom stereocenters. The number of nitrogens with zero attached hydrogens (tertiary/aromatic N) is 2. The van der Waals surface area contributed by atoms with Crippen LogP contribution in [0.4, 0.5) is 0 Å². The molecule has 0 aromatic carbocycles. The number of aryl methyl sites for hydroxylation is 2. The molecule has 0 atom stereocenters. The molecule has 1 saturated heterocycles. The van der Waals surface area contributed by atoms with Crippen molar-refractivity contribution < 1.29 is 4.74 Å². The van der Waals surface area contributed by atoms with E-state index in [1.54, 1.807) is 11.3 Å². The predicted molar refractivity (Wildman–Crippen MR) is 77.8 cm³/mol. The van der Waals surface area contributed by atoms with E-state index in [1.165, 1.54) is 24.2 Å². The first-order chi connectivity index (χ1) is 9.25. The van der Waals surface area contributed by atoms with E-state index in [4.69, 9.17) is 4.74 Å². The smallest absolute Gasteiger partial charge is 0.194 e. The lowest BCUT2D eigenvalue weighted by atomic mass is 10.0. The molecule has 1 aliphatic rings. The summed E-state index contributed by atoms with van der Waals surface area (Å²) >= 11 is 1.72. The standard InChI is InChI=1S/C14H21N3OS/c1-10-9-19-14-16-11(2)13(17(10)14)8-15-7-12-3-5-18-6-4-12/h9,12,15H,3-8H2,1-2H3. The zero-order chi connectivity index (χ0) is 13.2. The Labute approximate surface area is 117 Å². The number of imidazole rings is 1. The van der Waals surface area contributed by atoms with Crippen molar-refractivity contribution in [1.82, 2.24) is 14.7 Å². The highest BCUT2D eigenvalue weighted by Gasteiger charge is 2.15. The van der Waals surface area contributed by atoms with Gasteiger partial charge in [0.25, 0.3) is 0 Å². The van der Waals surface area contributed by atoms with Crippen LogP contribution in [0.15, 0.2) is 5.38 Å². The topological polar surface area (TPSA) is 38.6 Å². The van der Waals surface area contributed by atoms with Gasteiger partial charge in [-0.25, -0.2) is 4.98 Å². The first-order valence-electron chi connectivity index (χ1n) is 6.96. The highest BCUT2D eigenvalue weighted by atomic mass is 32.1. The Morgan fingerprint density at radius 2 is 2.21 bits per heavy atom. The number of rotatable bonds is 4. The van der Waals surface area contributed by atoms with Gasteiger partial charge in [0.2, 0.25) is 0 Å². The number of ether oxygens (including phenoxy) is 1. The van der Waals surface area contributed by atoms with E-state index < -0.39 is 0 Å². The van der Waals surface area contributed by atoms with Crippen molar-refractivity contribution in [3.63, 3.8) is 0 Å². The average molecular weight is 279 g/mol. The summed E-state index contributed by atoms with van der Waals surface area (Å²) in [5.74, 6) is 0.765. The fourth-order valence-electron chi connectivity index (χ4n) is 2.72. The minimum absolute atomic E-state index is 0.765. The molecule has 19 heavy (non-hydrogen) atoms. The van der Waals surface area contributed by atoms with Crippen molar-refractivity contribution in [1.29, 1.82) is 0 Å². The molecule has 1 fully saturated rings. The van der Waals surface area contributed by atoms with E-state index in [0.717, 1.165) is 42.9 Å². The van der Waals surface area contributed by atoms with E-state index in [1.807, 2.05) is 0 Å². The van der Waals surface area contributed by atoms with Crippen LogP contribution < -0.4 is 5.32 Å². The van der Waals surface area contributed by atoms with Crippen LogP contribution in [-0.4, -0.2) is 29.1 Å². The van der Waals surface area contributed by atoms with Crippen LogP contribution in [0.25, 0.3) is 4.96 Å². The van der Waals surface area contributed by atoms with Gasteiger partial charge in [-0.3, -0.25) is 4.40 Å². The van der Waals surface area contributed by atoms with Crippen LogP contribution in [0, 0.1) is 19.8 Å². The van der Waals surface area contributed by atoms with Gasteiger partial charge in [0.1, 0.15) is 0 Å². The largest absolute Gasteiger partial charge is 0.381 e. The number of hydrogen-bond donors (Lipinski definition) is 1. The lowest BCUT2D eigenvalue weighted by Crippen LogP contribution is -2.28. The summed E-state index contributed by atoms with van der Waals surface area (Å²) in [6.45, 7) is 8.08. The molecule has 4 nitrogen and oxygen atoms in total. The van der Waals surface area contributed by atoms with Crippen LogP contribution in [0.1, 0.15) is 29.9 Å². The maximum absolute atomic E-state index is 5.39. The summed E-state index contributed by atoms with van der Waals surface area (Å²) in [5, 5.41) is 5.77. The maximum Gasteiger partial charge on any atom is 0.194 e. The summed E-state index contributed by atoms with van der Waals surface area (Å²) in [5.41, 5.74) is 3.73. The van der Waals surface area contributed by atoms with E-state index in [0.29, 0.717) is 0 Å². The molecule has 0 saturated carbocycles. The van der Waals surface area contributed by atoms with Crippen molar-refractivity contribution in [2.45, 2.75) is 33.2 Å². The third kappa shape index (κ3) is 2.68. The number of thiazole rings is 1. The minimum atomic E-state index is 0.765. The van der Waals surface area contributed by atoms with Crippen molar-refractivity contribution in [3.05, 3.63) is 22.5 Å². The lowest BCUT2D eigenvalue weighted by molar-refractivity contribution is 0.0662. The van der Waals surface area contributed by atoms with Crippen molar-refractivity contribution in [2.24, 2.45) is 5.92 Å². The number of fused-ring (bicyclic) bond motifs is 1. The van der Waals surface area contributed by atoms with E-state index >= 15 is 0 Å². The van der Waals surface area contributed by atoms with Crippen LogP contribution >= 0.6 is 11.3 Å². The van der Waals surface area contributed by atoms with Crippen molar-refractivity contribution >= 4 is 16.3 Å². The lowest BCUT2D eigenvalue weighted by Gasteiger charge is -2.22. The number of aromatic nitrogens is 2. The third-order valence-electron chi connectivity index (χ3n) is 3.90. The van der Waals surface area contributed by atoms with Gasteiger partial charge in [0, 0.05) is 30.8 Å². The summed E-state index contributed by atoms with van der Waals surface area (Å²) in [4.78, 5) is 5.73.